The predicted octanol–water partition coefficient (Wildman–Crippen LogP) is 0.818. The second-order valence-electron chi connectivity index (χ2n) is 3.40. The van der Waals surface area contributed by atoms with Crippen molar-refractivity contribution in [3.63, 3.8) is 0 Å². The number of anilines is 1. The minimum Gasteiger partial charge on any atom is -0.398 e. The quantitative estimate of drug-likeness (QED) is 0.458. The topological polar surface area (TPSA) is 44.5 Å². The first-order chi connectivity index (χ1) is 7.14. The monoisotopic (exact) mass is 225 g/mol. The van der Waals surface area contributed by atoms with E-state index in [0.29, 0.717) is 13.2 Å². The summed E-state index contributed by atoms with van der Waals surface area (Å²) in [6, 6.07) is 7.71. The molecule has 0 radical (unpaired) electrons. The highest BCUT2D eigenvalue weighted by atomic mass is 28.1. The summed E-state index contributed by atoms with van der Waals surface area (Å²) in [7, 11) is 0.749. The van der Waals surface area contributed by atoms with E-state index in [4.69, 9.17) is 15.2 Å². The molecule has 0 bridgehead atoms. The molecule has 0 aliphatic heterocycles. The van der Waals surface area contributed by atoms with Gasteiger partial charge in [-0.25, -0.2) is 0 Å². The van der Waals surface area contributed by atoms with Crippen molar-refractivity contribution >= 4 is 15.9 Å². The molecule has 84 valence electrons. The zero-order valence-corrected chi connectivity index (χ0v) is 11.6. The van der Waals surface area contributed by atoms with Crippen molar-refractivity contribution in [1.82, 2.24) is 0 Å². The third kappa shape index (κ3) is 2.81. The molecular weight excluding hydrogens is 206 g/mol. The number of nitrogens with two attached hydrogens (primary N) is 1. The molecule has 1 rings (SSSR count). The van der Waals surface area contributed by atoms with E-state index in [2.05, 4.69) is 0 Å². The molecule has 0 fully saturated rings. The Labute approximate surface area is 94.0 Å². The molecule has 1 aromatic carbocycles. The summed E-state index contributed by atoms with van der Waals surface area (Å²) < 4.78 is 11.4. The Balaban J connectivity index is 3.03. The Morgan fingerprint density at radius 1 is 1.20 bits per heavy atom. The second kappa shape index (κ2) is 5.30. The highest BCUT2D eigenvalue weighted by Gasteiger charge is 2.28. The lowest BCUT2D eigenvalue weighted by Gasteiger charge is -2.31. The fourth-order valence-corrected chi connectivity index (χ4v) is 2.69. The van der Waals surface area contributed by atoms with E-state index >= 15 is 0 Å². The van der Waals surface area contributed by atoms with Gasteiger partial charge in [0.15, 0.2) is 5.41 Å². The fourth-order valence-electron chi connectivity index (χ4n) is 1.66. The first-order valence-electron chi connectivity index (χ1n) is 5.27. The molecule has 0 aliphatic rings. The van der Waals surface area contributed by atoms with Crippen molar-refractivity contribution < 1.29 is 9.47 Å². The van der Waals surface area contributed by atoms with Crippen molar-refractivity contribution in [2.24, 2.45) is 0 Å². The average Bonchev–Trinajstić information content (AvgIpc) is 2.19. The van der Waals surface area contributed by atoms with Crippen LogP contribution in [-0.2, 0) is 14.9 Å². The molecule has 3 nitrogen and oxygen atoms in total. The van der Waals surface area contributed by atoms with Crippen molar-refractivity contribution in [1.29, 1.82) is 0 Å². The molecule has 0 spiro atoms. The van der Waals surface area contributed by atoms with Crippen LogP contribution in [-0.4, -0.2) is 23.5 Å². The van der Waals surface area contributed by atoms with E-state index in [1.165, 1.54) is 0 Å². The molecule has 0 atom stereocenters. The van der Waals surface area contributed by atoms with E-state index in [-0.39, 0.29) is 0 Å². The smallest absolute Gasteiger partial charge is 0.168 e. The normalized spacial score (nSPS) is 11.9. The van der Waals surface area contributed by atoms with Gasteiger partial charge in [0, 0.05) is 24.5 Å². The van der Waals surface area contributed by atoms with E-state index in [0.717, 1.165) is 21.5 Å². The SMILES string of the molecule is CCOC([SiH3])(OCC)c1ccccc1N. The minimum absolute atomic E-state index is 0.602. The summed E-state index contributed by atoms with van der Waals surface area (Å²) in [6.07, 6.45) is 0. The molecule has 0 unspecified atom stereocenters. The number of benzene rings is 1. The second-order valence-corrected chi connectivity index (χ2v) is 4.72. The van der Waals surface area contributed by atoms with Crippen LogP contribution in [0, 0.1) is 0 Å². The maximum absolute atomic E-state index is 5.93. The zero-order valence-electron chi connectivity index (χ0n) is 9.62. The lowest BCUT2D eigenvalue weighted by molar-refractivity contribution is -0.179. The number of nitrogen functional groups attached to an aromatic ring is 1. The first kappa shape index (κ1) is 12.2. The lowest BCUT2D eigenvalue weighted by atomic mass is 10.1. The average molecular weight is 225 g/mol. The van der Waals surface area contributed by atoms with Crippen molar-refractivity contribution in [2.45, 2.75) is 19.3 Å². The predicted molar refractivity (Wildman–Crippen MR) is 65.7 cm³/mol. The Morgan fingerprint density at radius 2 is 1.73 bits per heavy atom. The van der Waals surface area contributed by atoms with Gasteiger partial charge in [-0.15, -0.1) is 0 Å². The first-order valence-corrected chi connectivity index (χ1v) is 6.27. The van der Waals surface area contributed by atoms with Gasteiger partial charge in [-0.1, -0.05) is 18.2 Å². The van der Waals surface area contributed by atoms with Gasteiger partial charge in [0.1, 0.15) is 0 Å². The van der Waals surface area contributed by atoms with Crippen LogP contribution in [0.15, 0.2) is 24.3 Å². The van der Waals surface area contributed by atoms with Gasteiger partial charge >= 0.3 is 0 Å². The van der Waals surface area contributed by atoms with Crippen molar-refractivity contribution in [3.05, 3.63) is 29.8 Å². The molecule has 0 saturated heterocycles. The molecule has 0 heterocycles. The van der Waals surface area contributed by atoms with Gasteiger partial charge in [-0.05, 0) is 19.9 Å². The molecule has 1 aromatic rings. The summed E-state index contributed by atoms with van der Waals surface area (Å²) in [5, 5.41) is 0. The van der Waals surface area contributed by atoms with Crippen LogP contribution in [0.1, 0.15) is 19.4 Å². The maximum atomic E-state index is 5.93. The Hall–Kier alpha value is -0.843. The molecule has 0 amide bonds. The molecule has 0 saturated carbocycles. The number of para-hydroxylation sites is 1. The number of ether oxygens (including phenoxy) is 2. The van der Waals surface area contributed by atoms with Gasteiger partial charge < -0.3 is 15.2 Å². The number of rotatable bonds is 5. The molecule has 0 aromatic heterocycles. The summed E-state index contributed by atoms with van der Waals surface area (Å²) in [5.74, 6) is 0. The van der Waals surface area contributed by atoms with Crippen LogP contribution in [0.2, 0.25) is 0 Å². The number of hydrogen-bond acceptors (Lipinski definition) is 3. The third-order valence-corrected chi connectivity index (χ3v) is 3.41. The summed E-state index contributed by atoms with van der Waals surface area (Å²) in [5.41, 5.74) is 7.00. The Morgan fingerprint density at radius 3 is 2.20 bits per heavy atom. The lowest BCUT2D eigenvalue weighted by Crippen LogP contribution is -2.34. The van der Waals surface area contributed by atoms with Crippen LogP contribution in [0.25, 0.3) is 0 Å². The van der Waals surface area contributed by atoms with Crippen LogP contribution in [0.3, 0.4) is 0 Å². The largest absolute Gasteiger partial charge is 0.398 e. The van der Waals surface area contributed by atoms with E-state index in [1.807, 2.05) is 38.1 Å². The van der Waals surface area contributed by atoms with Gasteiger partial charge in [0.2, 0.25) is 0 Å². The summed E-state index contributed by atoms with van der Waals surface area (Å²) in [4.78, 5) is 0. The standard InChI is InChI=1S/C11H19NO2Si/c1-3-13-11(15,14-4-2)9-7-5-6-8-10(9)12/h5-8H,3-4,12H2,1-2,15H3. The zero-order chi connectivity index (χ0) is 11.3. The van der Waals surface area contributed by atoms with Gasteiger partial charge in [-0.2, -0.15) is 0 Å². The fraction of sp³-hybridized carbons (Fsp3) is 0.455. The van der Waals surface area contributed by atoms with Gasteiger partial charge in [0.05, 0.1) is 10.2 Å². The maximum Gasteiger partial charge on any atom is 0.168 e. The van der Waals surface area contributed by atoms with E-state index in [9.17, 15) is 0 Å². The highest BCUT2D eigenvalue weighted by molar-refractivity contribution is 6.14. The molecule has 15 heavy (non-hydrogen) atoms. The van der Waals surface area contributed by atoms with Gasteiger partial charge in [0.25, 0.3) is 0 Å². The summed E-state index contributed by atoms with van der Waals surface area (Å²) >= 11 is 0. The van der Waals surface area contributed by atoms with Crippen LogP contribution in [0.4, 0.5) is 5.69 Å². The number of hydrogen-bond donors (Lipinski definition) is 1. The van der Waals surface area contributed by atoms with E-state index < -0.39 is 5.41 Å². The highest BCUT2D eigenvalue weighted by Crippen LogP contribution is 2.28. The molecule has 2 N–H and O–H groups in total. The van der Waals surface area contributed by atoms with E-state index in [1.54, 1.807) is 0 Å². The summed E-state index contributed by atoms with van der Waals surface area (Å²) in [6.45, 7) is 5.17. The molecule has 0 aliphatic carbocycles. The molecular formula is C11H19NO2Si. The van der Waals surface area contributed by atoms with Crippen LogP contribution in [0.5, 0.6) is 0 Å². The van der Waals surface area contributed by atoms with Crippen LogP contribution >= 0.6 is 0 Å². The van der Waals surface area contributed by atoms with Crippen LogP contribution < -0.4 is 5.73 Å². The minimum atomic E-state index is -0.602. The Bertz CT molecular complexity index is 311. The van der Waals surface area contributed by atoms with Gasteiger partial charge in [-0.3, -0.25) is 0 Å². The Kier molecular flexibility index (Phi) is 4.32. The third-order valence-electron chi connectivity index (χ3n) is 2.29. The molecule has 4 heteroatoms. The van der Waals surface area contributed by atoms with Crippen molar-refractivity contribution in [2.75, 3.05) is 18.9 Å². The van der Waals surface area contributed by atoms with Crippen molar-refractivity contribution in [3.8, 4) is 0 Å².